The molecule has 0 aromatic carbocycles. The Balaban J connectivity index is 1.79. The molecule has 2 rings (SSSR count). The lowest BCUT2D eigenvalue weighted by Gasteiger charge is -2.19. The highest BCUT2D eigenvalue weighted by molar-refractivity contribution is 7.99. The van der Waals surface area contributed by atoms with Gasteiger partial charge in [0.1, 0.15) is 0 Å². The van der Waals surface area contributed by atoms with Crippen molar-refractivity contribution in [3.8, 4) is 0 Å². The molecule has 2 N–H and O–H groups in total. The number of nitrogens with zero attached hydrogens (tertiary/aromatic N) is 2. The van der Waals surface area contributed by atoms with Crippen molar-refractivity contribution in [1.82, 2.24) is 15.5 Å². The number of halogens is 3. The highest BCUT2D eigenvalue weighted by Crippen LogP contribution is 2.28. The molecule has 0 amide bonds. The third-order valence-corrected chi connectivity index (χ3v) is 5.78. The maximum atomic E-state index is 12.4. The van der Waals surface area contributed by atoms with Gasteiger partial charge in [0.25, 0.3) is 0 Å². The molecule has 2 aliphatic rings. The summed E-state index contributed by atoms with van der Waals surface area (Å²) in [7, 11) is 0. The Morgan fingerprint density at radius 3 is 2.71 bits per heavy atom. The van der Waals surface area contributed by atoms with Crippen LogP contribution in [0.15, 0.2) is 4.99 Å². The molecule has 1 saturated carbocycles. The lowest BCUT2D eigenvalue weighted by Crippen LogP contribution is -2.43. The van der Waals surface area contributed by atoms with Crippen LogP contribution in [0.2, 0.25) is 0 Å². The zero-order chi connectivity index (χ0) is 17.6. The van der Waals surface area contributed by atoms with Gasteiger partial charge in [-0.1, -0.05) is 0 Å². The van der Waals surface area contributed by atoms with Crippen LogP contribution in [-0.4, -0.2) is 67.3 Å². The van der Waals surface area contributed by atoms with Gasteiger partial charge in [-0.15, -0.1) is 0 Å². The molecule has 1 heterocycles. The summed E-state index contributed by atoms with van der Waals surface area (Å²) in [6.07, 6.45) is 2.36. The molecule has 4 nitrogen and oxygen atoms in total. The molecule has 3 atom stereocenters. The van der Waals surface area contributed by atoms with E-state index in [1.54, 1.807) is 0 Å². The van der Waals surface area contributed by atoms with Crippen LogP contribution >= 0.6 is 11.8 Å². The second-order valence-corrected chi connectivity index (χ2v) is 7.87. The summed E-state index contributed by atoms with van der Waals surface area (Å²) in [6.45, 7) is 3.60. The van der Waals surface area contributed by atoms with E-state index in [2.05, 4.69) is 21.9 Å². The molecule has 1 saturated heterocycles. The number of nitrogens with one attached hydrogen (secondary N) is 2. The van der Waals surface area contributed by atoms with E-state index in [0.29, 0.717) is 25.7 Å². The maximum absolute atomic E-state index is 12.4. The Kier molecular flexibility index (Phi) is 7.53. The van der Waals surface area contributed by atoms with Crippen molar-refractivity contribution in [2.24, 2.45) is 10.9 Å². The van der Waals surface area contributed by atoms with Gasteiger partial charge in [-0.3, -0.25) is 9.89 Å². The smallest absolute Gasteiger partial charge is 0.357 e. The third-order valence-electron chi connectivity index (χ3n) is 4.68. The Morgan fingerprint density at radius 2 is 2.08 bits per heavy atom. The molecular weight excluding hydrogens is 337 g/mol. The van der Waals surface area contributed by atoms with Gasteiger partial charge in [0.05, 0.1) is 6.54 Å². The summed E-state index contributed by atoms with van der Waals surface area (Å²) in [5.41, 5.74) is 0. The first-order valence-electron chi connectivity index (χ1n) is 8.76. The number of hydrogen-bond acceptors (Lipinski definition) is 3. The minimum Gasteiger partial charge on any atom is -0.357 e. The lowest BCUT2D eigenvalue weighted by atomic mass is 10.1. The number of alkyl halides is 3. The minimum absolute atomic E-state index is 0.213. The van der Waals surface area contributed by atoms with Gasteiger partial charge in [-0.2, -0.15) is 24.9 Å². The van der Waals surface area contributed by atoms with Crippen molar-refractivity contribution in [3.63, 3.8) is 0 Å². The number of aliphatic imine (C=N–C) groups is 1. The van der Waals surface area contributed by atoms with Gasteiger partial charge in [0.15, 0.2) is 5.96 Å². The third kappa shape index (κ3) is 6.70. The number of hydrogen-bond donors (Lipinski definition) is 2. The van der Waals surface area contributed by atoms with E-state index in [9.17, 15) is 13.2 Å². The molecule has 24 heavy (non-hydrogen) atoms. The van der Waals surface area contributed by atoms with Crippen LogP contribution in [-0.2, 0) is 0 Å². The highest BCUT2D eigenvalue weighted by Gasteiger charge is 2.34. The van der Waals surface area contributed by atoms with Crippen LogP contribution in [0.25, 0.3) is 0 Å². The van der Waals surface area contributed by atoms with Gasteiger partial charge in [-0.25, -0.2) is 0 Å². The van der Waals surface area contributed by atoms with Gasteiger partial charge in [-0.05, 0) is 51.3 Å². The van der Waals surface area contributed by atoms with Crippen LogP contribution in [0.1, 0.15) is 32.6 Å². The Bertz CT molecular complexity index is 417. The molecule has 0 aromatic rings. The Morgan fingerprint density at radius 1 is 1.29 bits per heavy atom. The van der Waals surface area contributed by atoms with Crippen molar-refractivity contribution in [1.29, 1.82) is 0 Å². The van der Waals surface area contributed by atoms with Crippen molar-refractivity contribution in [3.05, 3.63) is 0 Å². The topological polar surface area (TPSA) is 39.7 Å². The first-order valence-corrected chi connectivity index (χ1v) is 10.0. The van der Waals surface area contributed by atoms with E-state index in [1.807, 2.05) is 18.7 Å². The predicted molar refractivity (Wildman–Crippen MR) is 94.7 cm³/mol. The summed E-state index contributed by atoms with van der Waals surface area (Å²) >= 11 is 1.92. The maximum Gasteiger partial charge on any atom is 0.401 e. The first kappa shape index (κ1) is 19.7. The van der Waals surface area contributed by atoms with Gasteiger partial charge in [0.2, 0.25) is 0 Å². The van der Waals surface area contributed by atoms with E-state index in [-0.39, 0.29) is 5.92 Å². The normalized spacial score (nSPS) is 29.2. The molecule has 1 aliphatic carbocycles. The molecule has 0 radical (unpaired) electrons. The van der Waals surface area contributed by atoms with E-state index >= 15 is 0 Å². The summed E-state index contributed by atoms with van der Waals surface area (Å²) in [6, 6.07) is 0.450. The molecule has 0 bridgehead atoms. The zero-order valence-corrected chi connectivity index (χ0v) is 15.3. The number of likely N-dealkylation sites (tertiary alicyclic amines) is 1. The van der Waals surface area contributed by atoms with Crippen molar-refractivity contribution >= 4 is 17.7 Å². The first-order chi connectivity index (χ1) is 11.4. The van der Waals surface area contributed by atoms with Crippen molar-refractivity contribution < 1.29 is 13.2 Å². The fourth-order valence-corrected chi connectivity index (χ4v) is 4.27. The fraction of sp³-hybridized carbons (Fsp3) is 0.938. The number of guanidine groups is 1. The molecule has 8 heteroatoms. The van der Waals surface area contributed by atoms with Crippen molar-refractivity contribution in [2.75, 3.05) is 39.0 Å². The second-order valence-electron chi connectivity index (χ2n) is 6.74. The minimum atomic E-state index is -4.11. The summed E-state index contributed by atoms with van der Waals surface area (Å²) in [5.74, 6) is 1.02. The Hall–Kier alpha value is -0.630. The number of thioether (sulfide) groups is 1. The van der Waals surface area contributed by atoms with E-state index in [1.165, 1.54) is 11.3 Å². The van der Waals surface area contributed by atoms with Crippen LogP contribution in [0.3, 0.4) is 0 Å². The molecule has 0 spiro atoms. The van der Waals surface area contributed by atoms with Crippen LogP contribution in [0, 0.1) is 5.92 Å². The SMILES string of the molecule is CCNC(=NCC1CCN(CC(F)(F)F)C1)NC1CCC(SC)C1. The predicted octanol–water partition coefficient (Wildman–Crippen LogP) is 2.71. The molecule has 0 aromatic heterocycles. The fourth-order valence-electron chi connectivity index (χ4n) is 3.48. The van der Waals surface area contributed by atoms with Gasteiger partial charge < -0.3 is 10.6 Å². The van der Waals surface area contributed by atoms with E-state index in [4.69, 9.17) is 0 Å². The summed E-state index contributed by atoms with van der Waals surface area (Å²) in [4.78, 5) is 6.11. The summed E-state index contributed by atoms with van der Waals surface area (Å²) < 4.78 is 37.3. The quantitative estimate of drug-likeness (QED) is 0.560. The second kappa shape index (κ2) is 9.17. The zero-order valence-electron chi connectivity index (χ0n) is 14.5. The molecule has 1 aliphatic heterocycles. The molecule has 3 unspecified atom stereocenters. The summed E-state index contributed by atoms with van der Waals surface area (Å²) in [5, 5.41) is 7.46. The molecule has 2 fully saturated rings. The van der Waals surface area contributed by atoms with Gasteiger partial charge >= 0.3 is 6.18 Å². The van der Waals surface area contributed by atoms with Crippen LogP contribution < -0.4 is 10.6 Å². The van der Waals surface area contributed by atoms with E-state index < -0.39 is 12.7 Å². The Labute approximate surface area is 147 Å². The van der Waals surface area contributed by atoms with Crippen molar-refractivity contribution in [2.45, 2.75) is 50.1 Å². The largest absolute Gasteiger partial charge is 0.401 e. The van der Waals surface area contributed by atoms with Crippen LogP contribution in [0.5, 0.6) is 0 Å². The number of rotatable bonds is 6. The lowest BCUT2D eigenvalue weighted by molar-refractivity contribution is -0.143. The average molecular weight is 366 g/mol. The van der Waals surface area contributed by atoms with Crippen LogP contribution in [0.4, 0.5) is 13.2 Å². The monoisotopic (exact) mass is 366 g/mol. The molecular formula is C16H29F3N4S. The molecule has 140 valence electrons. The van der Waals surface area contributed by atoms with E-state index in [0.717, 1.165) is 37.0 Å². The average Bonchev–Trinajstić information content (AvgIpc) is 3.12. The van der Waals surface area contributed by atoms with Gasteiger partial charge in [0, 0.05) is 30.9 Å². The highest BCUT2D eigenvalue weighted by atomic mass is 32.2. The standard InChI is InChI=1S/C16H29F3N4S/c1-3-20-15(22-13-4-5-14(8-13)24-2)21-9-12-6-7-23(10-12)11-16(17,18)19/h12-14H,3-11H2,1-2H3,(H2,20,21,22).